The van der Waals surface area contributed by atoms with E-state index in [0.29, 0.717) is 11.5 Å². The number of nitrogens with one attached hydrogen (secondary N) is 1. The summed E-state index contributed by atoms with van der Waals surface area (Å²) in [6.07, 6.45) is 7.40. The molecule has 2 aromatic rings. The zero-order valence-electron chi connectivity index (χ0n) is 19.4. The molecule has 1 aliphatic carbocycles. The highest BCUT2D eigenvalue weighted by molar-refractivity contribution is 7.89. The zero-order chi connectivity index (χ0) is 23.1. The van der Waals surface area contributed by atoms with E-state index >= 15 is 0 Å². The number of rotatable bonds is 9. The van der Waals surface area contributed by atoms with Gasteiger partial charge in [-0.2, -0.15) is 0 Å². The third kappa shape index (κ3) is 6.66. The molecule has 0 heterocycles. The number of phenolic OH excluding ortho intramolecular Hbond substituents is 1. The van der Waals surface area contributed by atoms with Crippen molar-refractivity contribution in [1.29, 1.82) is 0 Å². The number of phenols is 1. The molecule has 0 saturated heterocycles. The first-order chi connectivity index (χ1) is 15.3. The number of hydrogen-bond acceptors (Lipinski definition) is 4. The summed E-state index contributed by atoms with van der Waals surface area (Å²) in [5.74, 6) is 0.554. The fourth-order valence-electron chi connectivity index (χ4n) is 4.39. The highest BCUT2D eigenvalue weighted by Gasteiger charge is 2.27. The van der Waals surface area contributed by atoms with Gasteiger partial charge in [-0.05, 0) is 43.2 Å². The first kappa shape index (κ1) is 24.5. The highest BCUT2D eigenvalue weighted by atomic mass is 32.2. The molecule has 3 rings (SSSR count). The van der Waals surface area contributed by atoms with Crippen LogP contribution < -0.4 is 4.72 Å². The molecule has 1 fully saturated rings. The lowest BCUT2D eigenvalue weighted by Crippen LogP contribution is -2.42. The number of aliphatic imine (C=N–C) groups is 1. The van der Waals surface area contributed by atoms with E-state index in [1.54, 1.807) is 12.3 Å². The molecular weight excluding hydrogens is 420 g/mol. The van der Waals surface area contributed by atoms with Crippen molar-refractivity contribution in [1.82, 2.24) is 4.72 Å². The minimum Gasteiger partial charge on any atom is -0.507 e. The molecule has 1 saturated carbocycles. The summed E-state index contributed by atoms with van der Waals surface area (Å²) in [4.78, 5) is 4.59. The van der Waals surface area contributed by atoms with Gasteiger partial charge in [0.05, 0.1) is 11.8 Å². The average molecular weight is 457 g/mol. The van der Waals surface area contributed by atoms with E-state index in [9.17, 15) is 13.5 Å². The van der Waals surface area contributed by atoms with Crippen LogP contribution in [0.1, 0.15) is 58.4 Å². The van der Waals surface area contributed by atoms with Gasteiger partial charge in [0.25, 0.3) is 0 Å². The quantitative estimate of drug-likeness (QED) is 0.497. The summed E-state index contributed by atoms with van der Waals surface area (Å²) in [6, 6.07) is 14.8. The van der Waals surface area contributed by atoms with Crippen molar-refractivity contribution in [3.05, 3.63) is 54.1 Å². The molecule has 2 N–H and O–H groups in total. The van der Waals surface area contributed by atoms with Crippen molar-refractivity contribution in [3.63, 3.8) is 0 Å². The van der Waals surface area contributed by atoms with E-state index in [1.165, 1.54) is 19.3 Å². The van der Waals surface area contributed by atoms with Crippen LogP contribution >= 0.6 is 0 Å². The van der Waals surface area contributed by atoms with Crippen LogP contribution in [0.4, 0.5) is 0 Å². The minimum absolute atomic E-state index is 0.0484. The number of hydrogen-bond donors (Lipinski definition) is 2. The van der Waals surface area contributed by atoms with Crippen molar-refractivity contribution in [2.45, 2.75) is 65.0 Å². The number of sulfonamides is 1. The molecule has 0 aliphatic heterocycles. The Morgan fingerprint density at radius 3 is 2.38 bits per heavy atom. The molecule has 0 amide bonds. The van der Waals surface area contributed by atoms with Crippen LogP contribution in [0.3, 0.4) is 0 Å². The van der Waals surface area contributed by atoms with E-state index in [1.807, 2.05) is 63.2 Å². The van der Waals surface area contributed by atoms with Crippen LogP contribution in [-0.2, 0) is 10.0 Å². The Bertz CT molecular complexity index is 997. The second-order valence-electron chi connectivity index (χ2n) is 9.28. The number of para-hydroxylation sites is 1. The van der Waals surface area contributed by atoms with E-state index in [4.69, 9.17) is 0 Å². The van der Waals surface area contributed by atoms with E-state index in [-0.39, 0.29) is 23.5 Å². The van der Waals surface area contributed by atoms with Crippen LogP contribution in [0.5, 0.6) is 5.75 Å². The van der Waals surface area contributed by atoms with E-state index in [0.717, 1.165) is 24.0 Å². The Hall–Kier alpha value is -2.18. The molecule has 174 valence electrons. The maximum atomic E-state index is 12.9. The lowest BCUT2D eigenvalue weighted by molar-refractivity contribution is 0.302. The van der Waals surface area contributed by atoms with Crippen molar-refractivity contribution in [3.8, 4) is 16.9 Å². The maximum absolute atomic E-state index is 12.9. The zero-order valence-corrected chi connectivity index (χ0v) is 20.2. The summed E-state index contributed by atoms with van der Waals surface area (Å²) in [5.41, 5.74) is 2.23. The molecule has 0 spiro atoms. The highest BCUT2D eigenvalue weighted by Crippen LogP contribution is 2.31. The van der Waals surface area contributed by atoms with Gasteiger partial charge in [0, 0.05) is 23.4 Å². The van der Waals surface area contributed by atoms with Crippen LogP contribution in [0.2, 0.25) is 0 Å². The van der Waals surface area contributed by atoms with Crippen molar-refractivity contribution >= 4 is 16.2 Å². The van der Waals surface area contributed by atoms with Gasteiger partial charge in [-0.25, -0.2) is 13.1 Å². The van der Waals surface area contributed by atoms with Gasteiger partial charge < -0.3 is 5.11 Å². The summed E-state index contributed by atoms with van der Waals surface area (Å²) < 4.78 is 28.7. The van der Waals surface area contributed by atoms with Gasteiger partial charge in [-0.15, -0.1) is 0 Å². The van der Waals surface area contributed by atoms with Gasteiger partial charge in [0.2, 0.25) is 10.0 Å². The minimum atomic E-state index is -3.47. The topological polar surface area (TPSA) is 78.8 Å². The summed E-state index contributed by atoms with van der Waals surface area (Å²) in [6.45, 7) is 5.93. The first-order valence-electron chi connectivity index (χ1n) is 11.7. The predicted octanol–water partition coefficient (Wildman–Crippen LogP) is 5.39. The monoisotopic (exact) mass is 456 g/mol. The molecule has 0 unspecified atom stereocenters. The van der Waals surface area contributed by atoms with Crippen LogP contribution in [0, 0.1) is 11.8 Å². The molecule has 0 radical (unpaired) electrons. The van der Waals surface area contributed by atoms with Gasteiger partial charge in [0.15, 0.2) is 0 Å². The first-order valence-corrected chi connectivity index (χ1v) is 13.3. The largest absolute Gasteiger partial charge is 0.507 e. The second kappa shape index (κ2) is 11.1. The van der Waals surface area contributed by atoms with Crippen LogP contribution in [0.25, 0.3) is 11.1 Å². The second-order valence-corrected chi connectivity index (χ2v) is 11.1. The molecule has 2 aromatic carbocycles. The molecule has 5 nitrogen and oxygen atoms in total. The third-order valence-corrected chi connectivity index (χ3v) is 7.95. The number of aromatic hydroxyl groups is 1. The SMILES string of the molecule is CC(C)[C@@H](CS(=O)(=O)N[C@H](C)C1CCCCC1)N=Cc1cccc(-c2ccccc2)c1O. The van der Waals surface area contributed by atoms with Gasteiger partial charge in [-0.1, -0.05) is 75.6 Å². The predicted molar refractivity (Wildman–Crippen MR) is 133 cm³/mol. The van der Waals surface area contributed by atoms with Crippen molar-refractivity contribution < 1.29 is 13.5 Å². The Morgan fingerprint density at radius 1 is 1.03 bits per heavy atom. The lowest BCUT2D eigenvalue weighted by Gasteiger charge is -2.28. The Labute approximate surface area is 193 Å². The average Bonchev–Trinajstić information content (AvgIpc) is 2.78. The van der Waals surface area contributed by atoms with Gasteiger partial charge >= 0.3 is 0 Å². The molecule has 0 bridgehead atoms. The smallest absolute Gasteiger partial charge is 0.213 e. The molecule has 32 heavy (non-hydrogen) atoms. The number of benzene rings is 2. The summed E-state index contributed by atoms with van der Waals surface area (Å²) in [7, 11) is -3.47. The third-order valence-electron chi connectivity index (χ3n) is 6.44. The van der Waals surface area contributed by atoms with Crippen molar-refractivity contribution in [2.24, 2.45) is 16.8 Å². The van der Waals surface area contributed by atoms with Gasteiger partial charge in [0.1, 0.15) is 5.75 Å². The lowest BCUT2D eigenvalue weighted by atomic mass is 9.85. The molecule has 2 atom stereocenters. The summed E-state index contributed by atoms with van der Waals surface area (Å²) >= 11 is 0. The Balaban J connectivity index is 1.72. The Morgan fingerprint density at radius 2 is 1.72 bits per heavy atom. The molecule has 0 aromatic heterocycles. The van der Waals surface area contributed by atoms with Gasteiger partial charge in [-0.3, -0.25) is 4.99 Å². The van der Waals surface area contributed by atoms with Crippen LogP contribution in [0.15, 0.2) is 53.5 Å². The standard InChI is InChI=1S/C26H36N2O3S/c1-19(2)25(18-32(30,31)28-20(3)21-11-6-4-7-12-21)27-17-23-15-10-16-24(26(23)29)22-13-8-5-9-14-22/h5,8-10,13-17,19-21,25,28-29H,4,6-7,11-12,18H2,1-3H3/t20-,25-/m1/s1. The van der Waals surface area contributed by atoms with Crippen LogP contribution in [-0.4, -0.2) is 37.6 Å². The maximum Gasteiger partial charge on any atom is 0.213 e. The molecular formula is C26H36N2O3S. The van der Waals surface area contributed by atoms with Crippen molar-refractivity contribution in [2.75, 3.05) is 5.75 Å². The van der Waals surface area contributed by atoms with E-state index < -0.39 is 16.1 Å². The normalized spacial score (nSPS) is 17.6. The number of nitrogens with zero attached hydrogens (tertiary/aromatic N) is 1. The fourth-order valence-corrected chi connectivity index (χ4v) is 6.16. The summed E-state index contributed by atoms with van der Waals surface area (Å²) in [5, 5.41) is 10.8. The van der Waals surface area contributed by atoms with E-state index in [2.05, 4.69) is 9.71 Å². The Kier molecular flexibility index (Phi) is 8.49. The molecule has 1 aliphatic rings. The fraction of sp³-hybridized carbons (Fsp3) is 0.500. The molecule has 6 heteroatoms.